The highest BCUT2D eigenvalue weighted by Crippen LogP contribution is 2.40. The largest absolute Gasteiger partial charge is 0.390 e. The van der Waals surface area contributed by atoms with Gasteiger partial charge in [0.25, 0.3) is 0 Å². The van der Waals surface area contributed by atoms with Crippen molar-refractivity contribution in [2.75, 3.05) is 0 Å². The van der Waals surface area contributed by atoms with E-state index in [2.05, 4.69) is 67.6 Å². The number of hydrogen-bond donors (Lipinski definition) is 1. The second-order valence-corrected chi connectivity index (χ2v) is 7.09. The lowest BCUT2D eigenvalue weighted by atomic mass is 9.93. The Labute approximate surface area is 163 Å². The zero-order chi connectivity index (χ0) is 19.1. The monoisotopic (exact) mass is 364 g/mol. The Morgan fingerprint density at radius 3 is 2.18 bits per heavy atom. The van der Waals surface area contributed by atoms with Crippen LogP contribution < -0.4 is 0 Å². The molecule has 3 heteroatoms. The third kappa shape index (κ3) is 2.60. The number of pyridine rings is 1. The summed E-state index contributed by atoms with van der Waals surface area (Å²) in [7, 11) is 0. The molecule has 0 amide bonds. The Balaban J connectivity index is 2.01. The van der Waals surface area contributed by atoms with Crippen molar-refractivity contribution in [2.24, 2.45) is 0 Å². The van der Waals surface area contributed by atoms with Crippen LogP contribution in [-0.4, -0.2) is 14.7 Å². The number of aliphatic hydroxyl groups is 1. The zero-order valence-corrected chi connectivity index (χ0v) is 15.6. The lowest BCUT2D eigenvalue weighted by Gasteiger charge is -2.17. The van der Waals surface area contributed by atoms with E-state index in [-0.39, 0.29) is 6.61 Å². The average Bonchev–Trinajstić information content (AvgIpc) is 3.18. The summed E-state index contributed by atoms with van der Waals surface area (Å²) >= 11 is 0. The number of aromatic nitrogens is 2. The third-order valence-corrected chi connectivity index (χ3v) is 5.23. The predicted molar refractivity (Wildman–Crippen MR) is 114 cm³/mol. The fraction of sp³-hybridized carbons (Fsp3) is 0.0800. The first-order valence-electron chi connectivity index (χ1n) is 9.43. The quantitative estimate of drug-likeness (QED) is 0.451. The summed E-state index contributed by atoms with van der Waals surface area (Å²) in [5.74, 6) is 0. The maximum absolute atomic E-state index is 9.71. The first kappa shape index (κ1) is 16.7. The molecule has 3 aromatic carbocycles. The van der Waals surface area contributed by atoms with Crippen LogP contribution in [0.25, 0.3) is 38.7 Å². The molecule has 1 N–H and O–H groups in total. The molecule has 2 aromatic heterocycles. The van der Waals surface area contributed by atoms with Gasteiger partial charge in [0, 0.05) is 16.5 Å². The van der Waals surface area contributed by atoms with Gasteiger partial charge in [0.1, 0.15) is 0 Å². The SMILES string of the molecule is Cc1ccc(-c2c(-c3ccccc3)n3nc(CO)cc3c3ccccc23)cc1. The van der Waals surface area contributed by atoms with Crippen LogP contribution in [0.2, 0.25) is 0 Å². The van der Waals surface area contributed by atoms with Crippen molar-refractivity contribution >= 4 is 16.3 Å². The van der Waals surface area contributed by atoms with Gasteiger partial charge in [-0.05, 0) is 23.9 Å². The van der Waals surface area contributed by atoms with E-state index in [4.69, 9.17) is 5.10 Å². The Morgan fingerprint density at radius 1 is 0.786 bits per heavy atom. The smallest absolute Gasteiger partial charge is 0.0889 e. The molecule has 5 rings (SSSR count). The Hall–Kier alpha value is -3.43. The maximum atomic E-state index is 9.71. The molecule has 0 radical (unpaired) electrons. The highest BCUT2D eigenvalue weighted by Gasteiger charge is 2.19. The van der Waals surface area contributed by atoms with Crippen molar-refractivity contribution in [3.05, 3.63) is 96.2 Å². The summed E-state index contributed by atoms with van der Waals surface area (Å²) in [6.07, 6.45) is 0. The molecule has 3 nitrogen and oxygen atoms in total. The van der Waals surface area contributed by atoms with Gasteiger partial charge in [-0.2, -0.15) is 5.10 Å². The number of rotatable bonds is 3. The predicted octanol–water partition coefficient (Wildman–Crippen LogP) is 5.62. The second kappa shape index (κ2) is 6.63. The molecule has 0 saturated heterocycles. The van der Waals surface area contributed by atoms with Crippen molar-refractivity contribution in [3.63, 3.8) is 0 Å². The Kier molecular flexibility index (Phi) is 3.96. The lowest BCUT2D eigenvalue weighted by Crippen LogP contribution is -2.00. The molecule has 2 heterocycles. The van der Waals surface area contributed by atoms with Gasteiger partial charge in [0.05, 0.1) is 23.5 Å². The fourth-order valence-electron chi connectivity index (χ4n) is 3.90. The summed E-state index contributed by atoms with van der Waals surface area (Å²) in [4.78, 5) is 0. The van der Waals surface area contributed by atoms with Crippen LogP contribution in [0.5, 0.6) is 0 Å². The van der Waals surface area contributed by atoms with E-state index in [9.17, 15) is 5.11 Å². The summed E-state index contributed by atoms with van der Waals surface area (Å²) in [6, 6.07) is 29.4. The number of fused-ring (bicyclic) bond motifs is 3. The minimum Gasteiger partial charge on any atom is -0.390 e. The van der Waals surface area contributed by atoms with Crippen molar-refractivity contribution in [2.45, 2.75) is 13.5 Å². The van der Waals surface area contributed by atoms with Crippen molar-refractivity contribution < 1.29 is 5.11 Å². The molecular formula is C25H20N2O. The van der Waals surface area contributed by atoms with E-state index >= 15 is 0 Å². The molecule has 28 heavy (non-hydrogen) atoms. The second-order valence-electron chi connectivity index (χ2n) is 7.09. The fourth-order valence-corrected chi connectivity index (χ4v) is 3.90. The summed E-state index contributed by atoms with van der Waals surface area (Å²) < 4.78 is 1.98. The first-order chi connectivity index (χ1) is 13.8. The molecule has 0 aliphatic rings. The van der Waals surface area contributed by atoms with Crippen molar-refractivity contribution in [1.82, 2.24) is 9.61 Å². The van der Waals surface area contributed by atoms with Gasteiger partial charge in [-0.15, -0.1) is 0 Å². The summed E-state index contributed by atoms with van der Waals surface area (Å²) in [5, 5.41) is 16.8. The van der Waals surface area contributed by atoms with Gasteiger partial charge in [-0.25, -0.2) is 4.52 Å². The minimum absolute atomic E-state index is 0.0793. The van der Waals surface area contributed by atoms with Gasteiger partial charge < -0.3 is 5.11 Å². The number of aliphatic hydroxyl groups excluding tert-OH is 1. The molecule has 0 atom stereocenters. The first-order valence-corrected chi connectivity index (χ1v) is 9.43. The molecule has 0 bridgehead atoms. The number of benzene rings is 3. The van der Waals surface area contributed by atoms with E-state index in [1.165, 1.54) is 10.9 Å². The standard InChI is InChI=1S/C25H20N2O/c1-17-11-13-18(14-12-17)24-22-10-6-5-9-21(22)23-15-20(16-28)26-27(23)25(24)19-7-3-2-4-8-19/h2-15,28H,16H2,1H3. The normalized spacial score (nSPS) is 11.4. The van der Waals surface area contributed by atoms with E-state index < -0.39 is 0 Å². The van der Waals surface area contributed by atoms with Crippen LogP contribution in [0.1, 0.15) is 11.3 Å². The zero-order valence-electron chi connectivity index (χ0n) is 15.6. The molecular weight excluding hydrogens is 344 g/mol. The van der Waals surface area contributed by atoms with E-state index in [0.717, 1.165) is 33.3 Å². The maximum Gasteiger partial charge on any atom is 0.0889 e. The van der Waals surface area contributed by atoms with Crippen LogP contribution in [0, 0.1) is 6.92 Å². The Morgan fingerprint density at radius 2 is 1.46 bits per heavy atom. The highest BCUT2D eigenvalue weighted by atomic mass is 16.3. The van der Waals surface area contributed by atoms with Crippen LogP contribution in [-0.2, 0) is 6.61 Å². The van der Waals surface area contributed by atoms with E-state index in [1.807, 2.05) is 28.8 Å². The van der Waals surface area contributed by atoms with Crippen LogP contribution in [0.3, 0.4) is 0 Å². The number of nitrogens with zero attached hydrogens (tertiary/aromatic N) is 2. The molecule has 136 valence electrons. The highest BCUT2D eigenvalue weighted by molar-refractivity contribution is 6.09. The van der Waals surface area contributed by atoms with E-state index in [1.54, 1.807) is 0 Å². The lowest BCUT2D eigenvalue weighted by molar-refractivity contribution is 0.276. The van der Waals surface area contributed by atoms with Crippen molar-refractivity contribution in [1.29, 1.82) is 0 Å². The van der Waals surface area contributed by atoms with Gasteiger partial charge in [-0.3, -0.25) is 0 Å². The van der Waals surface area contributed by atoms with Gasteiger partial charge in [-0.1, -0.05) is 84.4 Å². The van der Waals surface area contributed by atoms with E-state index in [0.29, 0.717) is 5.69 Å². The molecule has 0 aliphatic heterocycles. The summed E-state index contributed by atoms with van der Waals surface area (Å²) in [6.45, 7) is 2.02. The van der Waals surface area contributed by atoms with Crippen LogP contribution in [0.15, 0.2) is 84.9 Å². The third-order valence-electron chi connectivity index (χ3n) is 5.23. The van der Waals surface area contributed by atoms with Crippen LogP contribution in [0.4, 0.5) is 0 Å². The molecule has 0 aliphatic carbocycles. The molecule has 0 spiro atoms. The topological polar surface area (TPSA) is 37.5 Å². The average molecular weight is 364 g/mol. The minimum atomic E-state index is -0.0793. The molecule has 5 aromatic rings. The number of aryl methyl sites for hydroxylation is 1. The Bertz CT molecular complexity index is 1290. The molecule has 0 saturated carbocycles. The van der Waals surface area contributed by atoms with Crippen molar-refractivity contribution in [3.8, 4) is 22.4 Å². The number of hydrogen-bond acceptors (Lipinski definition) is 2. The van der Waals surface area contributed by atoms with Crippen LogP contribution >= 0.6 is 0 Å². The van der Waals surface area contributed by atoms with Gasteiger partial charge in [0.15, 0.2) is 0 Å². The molecule has 0 fully saturated rings. The summed E-state index contributed by atoms with van der Waals surface area (Å²) in [5.41, 5.74) is 7.36. The molecule has 0 unspecified atom stereocenters. The van der Waals surface area contributed by atoms with Gasteiger partial charge >= 0.3 is 0 Å². The van der Waals surface area contributed by atoms with Gasteiger partial charge in [0.2, 0.25) is 0 Å².